The molecule has 1 heterocycles. The maximum absolute atomic E-state index is 12.1. The molecule has 0 fully saturated rings. The number of imidazole rings is 1. The molecule has 0 saturated carbocycles. The number of ketones is 1. The van der Waals surface area contributed by atoms with Gasteiger partial charge in [-0.1, -0.05) is 23.7 Å². The molecule has 0 unspecified atom stereocenters. The van der Waals surface area contributed by atoms with Gasteiger partial charge >= 0.3 is 11.6 Å². The average molecular weight is 311 g/mol. The molecule has 9 nitrogen and oxygen atoms in total. The number of benzene rings is 1. The van der Waals surface area contributed by atoms with Gasteiger partial charge in [-0.3, -0.25) is 4.79 Å². The third kappa shape index (κ3) is 2.87. The summed E-state index contributed by atoms with van der Waals surface area (Å²) in [6.07, 6.45) is 0.880. The third-order valence-electron chi connectivity index (χ3n) is 2.63. The van der Waals surface area contributed by atoms with Crippen molar-refractivity contribution in [1.82, 2.24) is 9.55 Å². The molecule has 10 heteroatoms. The highest BCUT2D eigenvalue weighted by Gasteiger charge is 2.33. The fourth-order valence-corrected chi connectivity index (χ4v) is 1.96. The Kier molecular flexibility index (Phi) is 3.94. The Morgan fingerprint density at radius 3 is 2.48 bits per heavy atom. The van der Waals surface area contributed by atoms with Crippen LogP contribution in [-0.4, -0.2) is 25.2 Å². The monoisotopic (exact) mass is 310 g/mol. The van der Waals surface area contributed by atoms with Gasteiger partial charge in [-0.15, -0.1) is 0 Å². The molecule has 1 aromatic heterocycles. The highest BCUT2D eigenvalue weighted by molar-refractivity contribution is 6.33. The van der Waals surface area contributed by atoms with E-state index >= 15 is 0 Å². The van der Waals surface area contributed by atoms with Crippen molar-refractivity contribution in [2.24, 2.45) is 0 Å². The lowest BCUT2D eigenvalue weighted by Gasteiger charge is -2.02. The number of nitrogens with zero attached hydrogens (tertiary/aromatic N) is 4. The molecule has 0 bridgehead atoms. The van der Waals surface area contributed by atoms with E-state index in [1.807, 2.05) is 0 Å². The SMILES string of the molecule is O=C(Cn1cnc([N+](=O)[O-])c1[N+](=O)[O-])c1ccccc1Cl. The minimum absolute atomic E-state index is 0.171. The molecule has 0 aliphatic heterocycles. The molecule has 1 aromatic carbocycles. The number of aromatic nitrogens is 2. The van der Waals surface area contributed by atoms with Crippen molar-refractivity contribution in [2.75, 3.05) is 0 Å². The first-order valence-electron chi connectivity index (χ1n) is 5.53. The van der Waals surface area contributed by atoms with Gasteiger partial charge in [0.05, 0.1) is 5.02 Å². The maximum atomic E-state index is 12.1. The molecule has 0 atom stereocenters. The van der Waals surface area contributed by atoms with Crippen LogP contribution in [0.2, 0.25) is 5.02 Å². The van der Waals surface area contributed by atoms with Gasteiger partial charge in [-0.05, 0) is 22.0 Å². The smallest absolute Gasteiger partial charge is 0.358 e. The molecular weight excluding hydrogens is 304 g/mol. The molecule has 2 rings (SSSR count). The highest BCUT2D eigenvalue weighted by Crippen LogP contribution is 2.25. The van der Waals surface area contributed by atoms with Crippen LogP contribution in [0.4, 0.5) is 11.6 Å². The molecule has 0 spiro atoms. The van der Waals surface area contributed by atoms with Crippen LogP contribution in [0.15, 0.2) is 30.6 Å². The van der Waals surface area contributed by atoms with E-state index in [1.54, 1.807) is 12.1 Å². The predicted molar refractivity (Wildman–Crippen MR) is 71.3 cm³/mol. The first-order chi connectivity index (χ1) is 9.91. The Hall–Kier alpha value is -2.81. The summed E-state index contributed by atoms with van der Waals surface area (Å²) in [5.41, 5.74) is 0.171. The fraction of sp³-hybridized carbons (Fsp3) is 0.0909. The Balaban J connectivity index is 2.37. The summed E-state index contributed by atoms with van der Waals surface area (Å²) in [6.45, 7) is -0.471. The average Bonchev–Trinajstić information content (AvgIpc) is 2.83. The van der Waals surface area contributed by atoms with E-state index in [0.29, 0.717) is 0 Å². The van der Waals surface area contributed by atoms with E-state index in [9.17, 15) is 25.0 Å². The summed E-state index contributed by atoms with van der Waals surface area (Å²) in [5, 5.41) is 21.8. The Morgan fingerprint density at radius 2 is 1.90 bits per heavy atom. The first-order valence-corrected chi connectivity index (χ1v) is 5.91. The number of Topliss-reactive ketones (excluding diaryl/α,β-unsaturated/α-hetero) is 1. The first kappa shape index (κ1) is 14.6. The lowest BCUT2D eigenvalue weighted by molar-refractivity contribution is -0.428. The van der Waals surface area contributed by atoms with Crippen LogP contribution in [0.1, 0.15) is 10.4 Å². The van der Waals surface area contributed by atoms with Crippen molar-refractivity contribution in [1.29, 1.82) is 0 Å². The van der Waals surface area contributed by atoms with Gasteiger partial charge < -0.3 is 20.2 Å². The van der Waals surface area contributed by atoms with Gasteiger partial charge in [0, 0.05) is 10.5 Å². The van der Waals surface area contributed by atoms with E-state index < -0.39 is 33.8 Å². The van der Waals surface area contributed by atoms with Crippen LogP contribution in [0.3, 0.4) is 0 Å². The summed E-state index contributed by atoms with van der Waals surface area (Å²) in [6, 6.07) is 6.18. The van der Waals surface area contributed by atoms with Crippen LogP contribution >= 0.6 is 11.6 Å². The summed E-state index contributed by atoms with van der Waals surface area (Å²) in [5.74, 6) is -2.27. The van der Waals surface area contributed by atoms with Crippen LogP contribution in [0.25, 0.3) is 0 Å². The van der Waals surface area contributed by atoms with E-state index in [0.717, 1.165) is 10.9 Å². The van der Waals surface area contributed by atoms with Gasteiger partial charge in [0.2, 0.25) is 5.78 Å². The van der Waals surface area contributed by atoms with E-state index in [1.165, 1.54) is 12.1 Å². The van der Waals surface area contributed by atoms with E-state index in [4.69, 9.17) is 11.6 Å². The number of nitro groups is 2. The summed E-state index contributed by atoms with van der Waals surface area (Å²) in [7, 11) is 0. The van der Waals surface area contributed by atoms with Crippen molar-refractivity contribution < 1.29 is 14.6 Å². The topological polar surface area (TPSA) is 121 Å². The molecule has 108 valence electrons. The van der Waals surface area contributed by atoms with Crippen molar-refractivity contribution in [3.8, 4) is 0 Å². The molecule has 0 radical (unpaired) electrons. The largest absolute Gasteiger partial charge is 0.462 e. The number of carbonyl (C=O) groups is 1. The molecule has 0 aliphatic carbocycles. The van der Waals surface area contributed by atoms with Crippen molar-refractivity contribution in [3.05, 3.63) is 61.4 Å². The standard InChI is InChI=1S/C11H7ClN4O5/c12-8-4-2-1-3-7(8)9(17)5-14-6-13-10(15(18)19)11(14)16(20)21/h1-4,6H,5H2. The summed E-state index contributed by atoms with van der Waals surface area (Å²) >= 11 is 5.86. The van der Waals surface area contributed by atoms with Crippen LogP contribution in [0, 0.1) is 20.2 Å². The lowest BCUT2D eigenvalue weighted by Crippen LogP contribution is -2.12. The lowest BCUT2D eigenvalue weighted by atomic mass is 10.1. The van der Waals surface area contributed by atoms with Crippen LogP contribution in [0.5, 0.6) is 0 Å². The van der Waals surface area contributed by atoms with Gasteiger partial charge in [0.25, 0.3) is 6.33 Å². The summed E-state index contributed by atoms with van der Waals surface area (Å²) < 4.78 is 0.809. The fourth-order valence-electron chi connectivity index (χ4n) is 1.72. The second-order valence-corrected chi connectivity index (χ2v) is 4.34. The number of hydrogen-bond acceptors (Lipinski definition) is 6. The van der Waals surface area contributed by atoms with E-state index in [2.05, 4.69) is 4.98 Å². The van der Waals surface area contributed by atoms with Crippen LogP contribution < -0.4 is 0 Å². The predicted octanol–water partition coefficient (Wildman–Crippen LogP) is 2.24. The number of halogens is 1. The Morgan fingerprint density at radius 1 is 1.24 bits per heavy atom. The maximum Gasteiger partial charge on any atom is 0.462 e. The van der Waals surface area contributed by atoms with Crippen molar-refractivity contribution >= 4 is 29.0 Å². The van der Waals surface area contributed by atoms with Gasteiger partial charge in [0.1, 0.15) is 0 Å². The van der Waals surface area contributed by atoms with E-state index in [-0.39, 0.29) is 10.6 Å². The quantitative estimate of drug-likeness (QED) is 0.474. The molecule has 21 heavy (non-hydrogen) atoms. The minimum atomic E-state index is -0.978. The second kappa shape index (κ2) is 5.67. The summed E-state index contributed by atoms with van der Waals surface area (Å²) in [4.78, 5) is 35.0. The Bertz CT molecular complexity index is 742. The molecule has 0 saturated heterocycles. The zero-order valence-electron chi connectivity index (χ0n) is 10.3. The highest BCUT2D eigenvalue weighted by atomic mass is 35.5. The molecular formula is C11H7ClN4O5. The third-order valence-corrected chi connectivity index (χ3v) is 2.96. The normalized spacial score (nSPS) is 10.3. The molecule has 2 aromatic rings. The zero-order valence-corrected chi connectivity index (χ0v) is 11.1. The van der Waals surface area contributed by atoms with Gasteiger partial charge in [-0.2, -0.15) is 4.57 Å². The number of hydrogen-bond donors (Lipinski definition) is 0. The number of rotatable bonds is 5. The zero-order chi connectivity index (χ0) is 15.6. The minimum Gasteiger partial charge on any atom is -0.358 e. The van der Waals surface area contributed by atoms with Crippen molar-refractivity contribution in [2.45, 2.75) is 6.54 Å². The Labute approximate surface area is 122 Å². The van der Waals surface area contributed by atoms with Crippen molar-refractivity contribution in [3.63, 3.8) is 0 Å². The van der Waals surface area contributed by atoms with Gasteiger partial charge in [0.15, 0.2) is 6.54 Å². The molecule has 0 amide bonds. The second-order valence-electron chi connectivity index (χ2n) is 3.94. The molecule has 0 aliphatic rings. The number of carbonyl (C=O) groups excluding carboxylic acids is 1. The van der Waals surface area contributed by atoms with Crippen LogP contribution in [-0.2, 0) is 6.54 Å². The van der Waals surface area contributed by atoms with Gasteiger partial charge in [-0.25, -0.2) is 0 Å². The molecule has 0 N–H and O–H groups in total.